The van der Waals surface area contributed by atoms with Crippen LogP contribution in [0.5, 0.6) is 11.5 Å². The molecule has 0 radical (unpaired) electrons. The van der Waals surface area contributed by atoms with E-state index >= 15 is 4.39 Å². The highest BCUT2D eigenvalue weighted by atomic mass is 19.1. The SMILES string of the molecule is CC(=O)NN1C=CC2=C(C1)c1ccc(OC[C@H](CC(C)C)N(C(=O)O)C(C)(C)C)c(F)c1OC2. The Balaban J connectivity index is 1.83. The largest absolute Gasteiger partial charge is 0.488 e. The highest BCUT2D eigenvalue weighted by Gasteiger charge is 2.35. The van der Waals surface area contributed by atoms with Gasteiger partial charge in [-0.1, -0.05) is 13.8 Å². The third-order valence-electron chi connectivity index (χ3n) is 5.70. The number of fused-ring (bicyclic) bond motifs is 2. The van der Waals surface area contributed by atoms with Crippen molar-refractivity contribution < 1.29 is 28.6 Å². The second kappa shape index (κ2) is 9.95. The molecule has 0 aromatic heterocycles. The maximum atomic E-state index is 15.4. The first-order valence-corrected chi connectivity index (χ1v) is 11.4. The summed E-state index contributed by atoms with van der Waals surface area (Å²) in [5.41, 5.74) is 4.46. The van der Waals surface area contributed by atoms with Gasteiger partial charge in [-0.3, -0.25) is 20.1 Å². The molecule has 9 heteroatoms. The Hall–Kier alpha value is -3.23. The van der Waals surface area contributed by atoms with Crippen molar-refractivity contribution in [1.82, 2.24) is 15.3 Å². The summed E-state index contributed by atoms with van der Waals surface area (Å²) in [5, 5.41) is 11.5. The molecule has 0 fully saturated rings. The molecule has 8 nitrogen and oxygen atoms in total. The number of rotatable bonds is 7. The number of carbonyl (C=O) groups excluding carboxylic acids is 1. The van der Waals surface area contributed by atoms with Gasteiger partial charge in [-0.2, -0.15) is 4.39 Å². The zero-order valence-electron chi connectivity index (χ0n) is 20.6. The topological polar surface area (TPSA) is 91.3 Å². The molecule has 2 aliphatic heterocycles. The first-order chi connectivity index (χ1) is 15.9. The van der Waals surface area contributed by atoms with Gasteiger partial charge in [-0.15, -0.1) is 0 Å². The minimum absolute atomic E-state index is 0.0147. The third-order valence-corrected chi connectivity index (χ3v) is 5.70. The summed E-state index contributed by atoms with van der Waals surface area (Å²) < 4.78 is 27.0. The minimum Gasteiger partial charge on any atom is -0.488 e. The van der Waals surface area contributed by atoms with Crippen LogP contribution in [0.2, 0.25) is 0 Å². The number of ether oxygens (including phenoxy) is 2. The van der Waals surface area contributed by atoms with Crippen LogP contribution in [-0.4, -0.2) is 58.4 Å². The monoisotopic (exact) mass is 475 g/mol. The second-order valence-corrected chi connectivity index (χ2v) is 10.1. The molecule has 186 valence electrons. The molecule has 0 unspecified atom stereocenters. The average molecular weight is 476 g/mol. The van der Waals surface area contributed by atoms with Gasteiger partial charge >= 0.3 is 6.09 Å². The molecule has 1 aromatic rings. The molecule has 0 aliphatic carbocycles. The van der Waals surface area contributed by atoms with Gasteiger partial charge < -0.3 is 14.6 Å². The van der Waals surface area contributed by atoms with Crippen molar-refractivity contribution in [3.63, 3.8) is 0 Å². The molecule has 2 heterocycles. The summed E-state index contributed by atoms with van der Waals surface area (Å²) in [4.78, 5) is 24.8. The number of amides is 2. The fourth-order valence-electron chi connectivity index (χ4n) is 4.42. The predicted octanol–water partition coefficient (Wildman–Crippen LogP) is 4.42. The van der Waals surface area contributed by atoms with Gasteiger partial charge in [0.2, 0.25) is 11.7 Å². The van der Waals surface area contributed by atoms with Crippen molar-refractivity contribution in [1.29, 1.82) is 0 Å². The van der Waals surface area contributed by atoms with Gasteiger partial charge in [0, 0.05) is 24.2 Å². The number of nitrogens with one attached hydrogen (secondary N) is 1. The van der Waals surface area contributed by atoms with Gasteiger partial charge in [0.25, 0.3) is 0 Å². The van der Waals surface area contributed by atoms with Crippen LogP contribution in [-0.2, 0) is 4.79 Å². The molecular formula is C25H34FN3O5. The van der Waals surface area contributed by atoms with Crippen LogP contribution in [0.3, 0.4) is 0 Å². The second-order valence-electron chi connectivity index (χ2n) is 10.1. The minimum atomic E-state index is -1.04. The number of hydrogen-bond acceptors (Lipinski definition) is 5. The molecule has 2 N–H and O–H groups in total. The molecule has 3 rings (SSSR count). The Labute approximate surface area is 200 Å². The molecule has 2 aliphatic rings. The molecular weight excluding hydrogens is 441 g/mol. The van der Waals surface area contributed by atoms with Gasteiger partial charge in [0.1, 0.15) is 13.2 Å². The number of hydrazine groups is 1. The molecule has 34 heavy (non-hydrogen) atoms. The number of carboxylic acid groups (broad SMARTS) is 1. The molecule has 0 saturated heterocycles. The van der Waals surface area contributed by atoms with Crippen molar-refractivity contribution in [2.45, 2.75) is 59.5 Å². The van der Waals surface area contributed by atoms with Crippen LogP contribution < -0.4 is 14.9 Å². The zero-order chi connectivity index (χ0) is 25.2. The summed E-state index contributed by atoms with van der Waals surface area (Å²) in [5.74, 6) is -0.476. The maximum absolute atomic E-state index is 15.4. The first kappa shape index (κ1) is 25.4. The van der Waals surface area contributed by atoms with Gasteiger partial charge in [-0.25, -0.2) is 4.79 Å². The molecule has 2 amide bonds. The van der Waals surface area contributed by atoms with Crippen molar-refractivity contribution in [3.05, 3.63) is 41.4 Å². The summed E-state index contributed by atoms with van der Waals surface area (Å²) in [6, 6.07) is 2.84. The van der Waals surface area contributed by atoms with E-state index in [-0.39, 0.29) is 36.5 Å². The van der Waals surface area contributed by atoms with E-state index < -0.39 is 23.5 Å². The van der Waals surface area contributed by atoms with Crippen LogP contribution in [0.25, 0.3) is 5.57 Å². The van der Waals surface area contributed by atoms with E-state index in [1.165, 1.54) is 11.8 Å². The van der Waals surface area contributed by atoms with Crippen LogP contribution in [0.1, 0.15) is 53.5 Å². The lowest BCUT2D eigenvalue weighted by molar-refractivity contribution is -0.122. The molecule has 0 saturated carbocycles. The van der Waals surface area contributed by atoms with Crippen LogP contribution in [0.4, 0.5) is 9.18 Å². The van der Waals surface area contributed by atoms with E-state index in [1.54, 1.807) is 23.3 Å². The van der Waals surface area contributed by atoms with Crippen LogP contribution in [0.15, 0.2) is 30.0 Å². The Morgan fingerprint density at radius 1 is 1.32 bits per heavy atom. The lowest BCUT2D eigenvalue weighted by Gasteiger charge is -2.40. The number of halogens is 1. The molecule has 1 atom stereocenters. The number of hydrogen-bond donors (Lipinski definition) is 2. The van der Waals surface area contributed by atoms with E-state index in [1.807, 2.05) is 40.7 Å². The van der Waals surface area contributed by atoms with Crippen molar-refractivity contribution in [2.24, 2.45) is 5.92 Å². The third kappa shape index (κ3) is 5.63. The van der Waals surface area contributed by atoms with Gasteiger partial charge in [0.05, 0.1) is 12.6 Å². The Kier molecular flexibility index (Phi) is 7.43. The standard InChI is InChI=1S/C25H34FN3O5/c1-15(2)11-18(29(24(31)32)25(4,5)6)14-33-21-8-7-19-20-12-28(27-16(3)30)10-9-17(20)13-34-23(19)22(21)26/h7-10,15,18H,11-14H2,1-6H3,(H,27,30)(H,31,32)/t18-/m0/s1. The average Bonchev–Trinajstić information content (AvgIpc) is 2.70. The Bertz CT molecular complexity index is 1010. The summed E-state index contributed by atoms with van der Waals surface area (Å²) in [7, 11) is 0. The Morgan fingerprint density at radius 3 is 2.62 bits per heavy atom. The number of nitrogens with zero attached hydrogens (tertiary/aromatic N) is 2. The van der Waals surface area contributed by atoms with Gasteiger partial charge in [-0.05, 0) is 62.5 Å². The van der Waals surface area contributed by atoms with E-state index in [0.717, 1.165) is 11.1 Å². The van der Waals surface area contributed by atoms with E-state index in [0.29, 0.717) is 18.5 Å². The lowest BCUT2D eigenvalue weighted by atomic mass is 9.94. The first-order valence-electron chi connectivity index (χ1n) is 11.4. The van der Waals surface area contributed by atoms with Crippen LogP contribution >= 0.6 is 0 Å². The fraction of sp³-hybridized carbons (Fsp3) is 0.520. The van der Waals surface area contributed by atoms with Crippen molar-refractivity contribution in [3.8, 4) is 11.5 Å². The van der Waals surface area contributed by atoms with E-state index in [4.69, 9.17) is 9.47 Å². The molecule has 1 aromatic carbocycles. The smallest absolute Gasteiger partial charge is 0.408 e. The summed E-state index contributed by atoms with van der Waals surface area (Å²) in [6.45, 7) is 11.5. The zero-order valence-corrected chi connectivity index (χ0v) is 20.6. The highest BCUT2D eigenvalue weighted by molar-refractivity contribution is 5.80. The summed E-state index contributed by atoms with van der Waals surface area (Å²) >= 11 is 0. The number of benzene rings is 1. The Morgan fingerprint density at radius 2 is 2.03 bits per heavy atom. The van der Waals surface area contributed by atoms with E-state index in [2.05, 4.69) is 5.43 Å². The maximum Gasteiger partial charge on any atom is 0.408 e. The summed E-state index contributed by atoms with van der Waals surface area (Å²) in [6.07, 6.45) is 3.13. The van der Waals surface area contributed by atoms with Crippen molar-refractivity contribution >= 4 is 17.6 Å². The van der Waals surface area contributed by atoms with E-state index in [9.17, 15) is 14.7 Å². The number of carbonyl (C=O) groups is 2. The normalized spacial score (nSPS) is 15.9. The lowest BCUT2D eigenvalue weighted by Crippen LogP contribution is -2.53. The molecule has 0 bridgehead atoms. The fourth-order valence-corrected chi connectivity index (χ4v) is 4.42. The van der Waals surface area contributed by atoms with Gasteiger partial charge in [0.15, 0.2) is 11.5 Å². The molecule has 0 spiro atoms. The van der Waals surface area contributed by atoms with Crippen LogP contribution in [0, 0.1) is 11.7 Å². The highest BCUT2D eigenvalue weighted by Crippen LogP contribution is 2.40. The predicted molar refractivity (Wildman–Crippen MR) is 127 cm³/mol. The quantitative estimate of drug-likeness (QED) is 0.607. The van der Waals surface area contributed by atoms with Crippen molar-refractivity contribution in [2.75, 3.05) is 19.8 Å².